The van der Waals surface area contributed by atoms with Gasteiger partial charge < -0.3 is 4.74 Å². The minimum Gasteiger partial charge on any atom is -0.465 e. The van der Waals surface area contributed by atoms with Crippen LogP contribution in [-0.4, -0.2) is 13.1 Å². The van der Waals surface area contributed by atoms with E-state index in [1.165, 1.54) is 48.0 Å². The smallest absolute Gasteiger partial charge is 0.348 e. The number of ether oxygens (including phenoxy) is 1. The number of esters is 1. The van der Waals surface area contributed by atoms with Gasteiger partial charge in [0.2, 0.25) is 0 Å². The van der Waals surface area contributed by atoms with Crippen LogP contribution in [0.2, 0.25) is 0 Å². The molecule has 0 radical (unpaired) electrons. The van der Waals surface area contributed by atoms with Gasteiger partial charge >= 0.3 is 5.97 Å². The van der Waals surface area contributed by atoms with Crippen LogP contribution in [0.4, 0.5) is 0 Å². The molecule has 0 fully saturated rings. The Morgan fingerprint density at radius 2 is 1.62 bits per heavy atom. The van der Waals surface area contributed by atoms with Crippen molar-refractivity contribution in [3.63, 3.8) is 0 Å². The highest BCUT2D eigenvalue weighted by Gasteiger charge is 2.37. The molecule has 1 aliphatic carbocycles. The molecule has 128 valence electrons. The SMILES string of the molecule is COC(=O)c1sccc1-c1cc2c(cc1C)C(C)(C)CCC2(C)C. The zero-order valence-corrected chi connectivity index (χ0v) is 16.3. The van der Waals surface area contributed by atoms with E-state index in [-0.39, 0.29) is 16.8 Å². The van der Waals surface area contributed by atoms with Crippen molar-refractivity contribution in [3.8, 4) is 11.1 Å². The molecule has 0 atom stereocenters. The average molecular weight is 343 g/mol. The number of carbonyl (C=O) groups is 1. The van der Waals surface area contributed by atoms with Gasteiger partial charge in [-0.15, -0.1) is 11.3 Å². The van der Waals surface area contributed by atoms with Gasteiger partial charge in [-0.3, -0.25) is 0 Å². The third kappa shape index (κ3) is 2.69. The van der Waals surface area contributed by atoms with Crippen molar-refractivity contribution in [1.82, 2.24) is 0 Å². The molecule has 1 aliphatic rings. The summed E-state index contributed by atoms with van der Waals surface area (Å²) in [7, 11) is 1.44. The third-order valence-electron chi connectivity index (χ3n) is 5.52. The summed E-state index contributed by atoms with van der Waals surface area (Å²) in [6, 6.07) is 6.69. The molecule has 3 heteroatoms. The first-order valence-electron chi connectivity index (χ1n) is 8.49. The fraction of sp³-hybridized carbons (Fsp3) is 0.476. The van der Waals surface area contributed by atoms with Gasteiger partial charge in [0.05, 0.1) is 7.11 Å². The largest absolute Gasteiger partial charge is 0.465 e. The summed E-state index contributed by atoms with van der Waals surface area (Å²) in [6.45, 7) is 11.5. The van der Waals surface area contributed by atoms with Crippen LogP contribution in [0.15, 0.2) is 23.6 Å². The molecule has 2 nitrogen and oxygen atoms in total. The van der Waals surface area contributed by atoms with Crippen molar-refractivity contribution in [2.45, 2.75) is 58.3 Å². The molecule has 0 unspecified atom stereocenters. The summed E-state index contributed by atoms with van der Waals surface area (Å²) in [5.41, 5.74) is 6.61. The second-order valence-electron chi connectivity index (χ2n) is 8.14. The van der Waals surface area contributed by atoms with Crippen LogP contribution >= 0.6 is 11.3 Å². The van der Waals surface area contributed by atoms with Crippen LogP contribution in [0.3, 0.4) is 0 Å². The fourth-order valence-electron chi connectivity index (χ4n) is 3.78. The Balaban J connectivity index is 2.23. The number of rotatable bonds is 2. The van der Waals surface area contributed by atoms with E-state index >= 15 is 0 Å². The monoisotopic (exact) mass is 342 g/mol. The molecule has 2 aromatic rings. The molecule has 0 bridgehead atoms. The highest BCUT2D eigenvalue weighted by atomic mass is 32.1. The van der Waals surface area contributed by atoms with Crippen LogP contribution in [0, 0.1) is 6.92 Å². The lowest BCUT2D eigenvalue weighted by Crippen LogP contribution is -2.34. The third-order valence-corrected chi connectivity index (χ3v) is 6.42. The van der Waals surface area contributed by atoms with Crippen molar-refractivity contribution in [3.05, 3.63) is 45.1 Å². The van der Waals surface area contributed by atoms with Gasteiger partial charge in [-0.1, -0.05) is 33.8 Å². The van der Waals surface area contributed by atoms with E-state index in [1.54, 1.807) is 0 Å². The van der Waals surface area contributed by atoms with Gasteiger partial charge in [0, 0.05) is 5.56 Å². The summed E-state index contributed by atoms with van der Waals surface area (Å²) in [4.78, 5) is 12.8. The van der Waals surface area contributed by atoms with E-state index in [4.69, 9.17) is 4.74 Å². The highest BCUT2D eigenvalue weighted by Crippen LogP contribution is 2.48. The summed E-state index contributed by atoms with van der Waals surface area (Å²) in [6.07, 6.45) is 2.39. The first kappa shape index (κ1) is 17.2. The topological polar surface area (TPSA) is 26.3 Å². The van der Waals surface area contributed by atoms with Crippen molar-refractivity contribution in [1.29, 1.82) is 0 Å². The minimum absolute atomic E-state index is 0.161. The van der Waals surface area contributed by atoms with Crippen molar-refractivity contribution < 1.29 is 9.53 Å². The Kier molecular flexibility index (Phi) is 4.11. The summed E-state index contributed by atoms with van der Waals surface area (Å²) in [5.74, 6) is -0.253. The Morgan fingerprint density at radius 1 is 1.04 bits per heavy atom. The quantitative estimate of drug-likeness (QED) is 0.639. The van der Waals surface area contributed by atoms with Crippen LogP contribution < -0.4 is 0 Å². The number of methoxy groups -OCH3 is 1. The van der Waals surface area contributed by atoms with E-state index < -0.39 is 0 Å². The zero-order valence-electron chi connectivity index (χ0n) is 15.4. The molecule has 0 aliphatic heterocycles. The number of fused-ring (bicyclic) bond motifs is 1. The van der Waals surface area contributed by atoms with Gasteiger partial charge in [0.1, 0.15) is 4.88 Å². The Labute approximate surface area is 148 Å². The van der Waals surface area contributed by atoms with E-state index in [0.717, 1.165) is 11.1 Å². The van der Waals surface area contributed by atoms with Crippen LogP contribution in [0.25, 0.3) is 11.1 Å². The summed E-state index contributed by atoms with van der Waals surface area (Å²) >= 11 is 1.45. The van der Waals surface area contributed by atoms with Gasteiger partial charge in [0.25, 0.3) is 0 Å². The maximum absolute atomic E-state index is 12.1. The van der Waals surface area contributed by atoms with Gasteiger partial charge in [-0.2, -0.15) is 0 Å². The number of aryl methyl sites for hydroxylation is 1. The Bertz CT molecular complexity index is 796. The maximum Gasteiger partial charge on any atom is 0.348 e. The lowest BCUT2D eigenvalue weighted by atomic mass is 9.62. The summed E-state index contributed by atoms with van der Waals surface area (Å²) < 4.78 is 4.95. The molecule has 0 saturated heterocycles. The normalized spacial score (nSPS) is 18.1. The Morgan fingerprint density at radius 3 is 2.21 bits per heavy atom. The molecule has 0 amide bonds. The molecule has 1 heterocycles. The van der Waals surface area contributed by atoms with Crippen LogP contribution in [0.5, 0.6) is 0 Å². The first-order valence-corrected chi connectivity index (χ1v) is 9.37. The predicted octanol–water partition coefficient (Wildman–Crippen LogP) is 5.86. The number of hydrogen-bond acceptors (Lipinski definition) is 3. The van der Waals surface area contributed by atoms with Gasteiger partial charge in [-0.05, 0) is 70.4 Å². The number of thiophene rings is 1. The molecule has 0 spiro atoms. The second kappa shape index (κ2) is 5.73. The standard InChI is InChI=1S/C21H26O2S/c1-13-11-16-17(21(4,5)9-8-20(16,2)3)12-15(13)14-7-10-24-18(14)19(22)23-6/h7,10-12H,8-9H2,1-6H3. The van der Waals surface area contributed by atoms with E-state index in [9.17, 15) is 4.79 Å². The van der Waals surface area contributed by atoms with E-state index in [1.807, 2.05) is 11.4 Å². The van der Waals surface area contributed by atoms with Gasteiger partial charge in [0.15, 0.2) is 0 Å². The lowest BCUT2D eigenvalue weighted by molar-refractivity contribution is 0.0607. The van der Waals surface area contributed by atoms with Gasteiger partial charge in [-0.25, -0.2) is 4.79 Å². The second-order valence-corrected chi connectivity index (χ2v) is 9.05. The molecular weight excluding hydrogens is 316 g/mol. The minimum atomic E-state index is -0.253. The molecule has 24 heavy (non-hydrogen) atoms. The molecule has 3 rings (SSSR count). The number of hydrogen-bond donors (Lipinski definition) is 0. The lowest BCUT2D eigenvalue weighted by Gasteiger charge is -2.42. The predicted molar refractivity (Wildman–Crippen MR) is 101 cm³/mol. The Hall–Kier alpha value is -1.61. The molecule has 1 aromatic heterocycles. The zero-order chi connectivity index (χ0) is 17.7. The maximum atomic E-state index is 12.1. The van der Waals surface area contributed by atoms with Crippen LogP contribution in [0.1, 0.15) is 66.9 Å². The molecule has 0 N–H and O–H groups in total. The van der Waals surface area contributed by atoms with Crippen molar-refractivity contribution in [2.75, 3.05) is 7.11 Å². The highest BCUT2D eigenvalue weighted by molar-refractivity contribution is 7.12. The van der Waals surface area contributed by atoms with E-state index in [2.05, 4.69) is 46.8 Å². The fourth-order valence-corrected chi connectivity index (χ4v) is 4.61. The number of carbonyl (C=O) groups excluding carboxylic acids is 1. The van der Waals surface area contributed by atoms with Crippen molar-refractivity contribution >= 4 is 17.3 Å². The van der Waals surface area contributed by atoms with Crippen LogP contribution in [-0.2, 0) is 15.6 Å². The molecular formula is C21H26O2S. The summed E-state index contributed by atoms with van der Waals surface area (Å²) in [5, 5.41) is 1.97. The van der Waals surface area contributed by atoms with Crippen molar-refractivity contribution in [2.24, 2.45) is 0 Å². The first-order chi connectivity index (χ1) is 11.2. The molecule has 0 saturated carbocycles. The number of benzene rings is 1. The van der Waals surface area contributed by atoms with E-state index in [0.29, 0.717) is 4.88 Å². The molecule has 1 aromatic carbocycles. The average Bonchev–Trinajstić information content (AvgIpc) is 3.00.